The Morgan fingerprint density at radius 1 is 0.357 bits per heavy atom. The average Bonchev–Trinajstić information content (AvgIpc) is 3.09. The first-order valence-electron chi connectivity index (χ1n) is 15.5. The Bertz CT molecular complexity index is 1520. The molecule has 6 heteroatoms. The van der Waals surface area contributed by atoms with E-state index in [9.17, 15) is 0 Å². The van der Waals surface area contributed by atoms with Gasteiger partial charge in [-0.1, -0.05) is 117 Å². The van der Waals surface area contributed by atoms with Gasteiger partial charge in [-0.2, -0.15) is 0 Å². The first-order valence-corrected chi connectivity index (χ1v) is 15.5. The summed E-state index contributed by atoms with van der Waals surface area (Å²) < 4.78 is 0. The first-order chi connectivity index (χ1) is 20.8. The molecule has 42 heavy (non-hydrogen) atoms. The molecule has 0 N–H and O–H groups in total. The molecule has 7 rings (SSSR count). The Kier molecular flexibility index (Phi) is 7.77. The van der Waals surface area contributed by atoms with E-state index in [4.69, 9.17) is 29.9 Å². The molecule has 2 saturated carbocycles. The maximum Gasteiger partial charge on any atom is 0.163 e. The zero-order valence-corrected chi connectivity index (χ0v) is 24.0. The van der Waals surface area contributed by atoms with Crippen LogP contribution in [0, 0.1) is 0 Å². The molecule has 0 spiro atoms. The molecule has 0 aliphatic heterocycles. The minimum absolute atomic E-state index is 0.376. The Balaban J connectivity index is 1.31. The molecular formula is C36H36N6. The van der Waals surface area contributed by atoms with Gasteiger partial charge in [-0.15, -0.1) is 0 Å². The van der Waals surface area contributed by atoms with Crippen molar-refractivity contribution in [1.82, 2.24) is 29.9 Å². The molecule has 2 aliphatic rings. The minimum atomic E-state index is 0.376. The summed E-state index contributed by atoms with van der Waals surface area (Å²) in [6, 6.07) is 28.8. The van der Waals surface area contributed by atoms with E-state index in [2.05, 4.69) is 48.5 Å². The van der Waals surface area contributed by atoms with Gasteiger partial charge in [-0.25, -0.2) is 29.9 Å². The highest BCUT2D eigenvalue weighted by atomic mass is 15.0. The molecule has 2 fully saturated rings. The van der Waals surface area contributed by atoms with Gasteiger partial charge in [0.05, 0.1) is 0 Å². The molecule has 2 heterocycles. The van der Waals surface area contributed by atoms with Gasteiger partial charge in [0.2, 0.25) is 0 Å². The fourth-order valence-corrected chi connectivity index (χ4v) is 6.36. The van der Waals surface area contributed by atoms with Crippen LogP contribution in [0.4, 0.5) is 0 Å². The van der Waals surface area contributed by atoms with Crippen LogP contribution in [0.15, 0.2) is 84.9 Å². The predicted molar refractivity (Wildman–Crippen MR) is 167 cm³/mol. The molecule has 2 aromatic heterocycles. The molecule has 0 atom stereocenters. The molecule has 0 amide bonds. The Morgan fingerprint density at radius 3 is 1.12 bits per heavy atom. The van der Waals surface area contributed by atoms with Crippen LogP contribution in [-0.4, -0.2) is 29.9 Å². The maximum atomic E-state index is 5.07. The van der Waals surface area contributed by atoms with Gasteiger partial charge in [0.25, 0.3) is 0 Å². The molecule has 3 aromatic carbocycles. The average molecular weight is 553 g/mol. The number of aromatic nitrogens is 6. The lowest BCUT2D eigenvalue weighted by Gasteiger charge is -2.21. The van der Waals surface area contributed by atoms with Gasteiger partial charge in [-0.3, -0.25) is 0 Å². The van der Waals surface area contributed by atoms with Gasteiger partial charge < -0.3 is 0 Å². The lowest BCUT2D eigenvalue weighted by atomic mass is 9.88. The highest BCUT2D eigenvalue weighted by molar-refractivity contribution is 5.69. The summed E-state index contributed by atoms with van der Waals surface area (Å²) >= 11 is 0. The Labute approximate surface area is 247 Å². The summed E-state index contributed by atoms with van der Waals surface area (Å²) in [5.74, 6) is 5.45. The number of hydrogen-bond acceptors (Lipinski definition) is 6. The summed E-state index contributed by atoms with van der Waals surface area (Å²) in [6.45, 7) is 0. The van der Waals surface area contributed by atoms with E-state index < -0.39 is 0 Å². The van der Waals surface area contributed by atoms with Gasteiger partial charge in [0.1, 0.15) is 11.6 Å². The van der Waals surface area contributed by atoms with Crippen LogP contribution in [-0.2, 0) is 0 Å². The third-order valence-corrected chi connectivity index (χ3v) is 8.69. The zero-order chi connectivity index (χ0) is 28.1. The van der Waals surface area contributed by atoms with Gasteiger partial charge >= 0.3 is 0 Å². The summed E-state index contributed by atoms with van der Waals surface area (Å²) in [5, 5.41) is 0. The van der Waals surface area contributed by atoms with Crippen molar-refractivity contribution < 1.29 is 0 Å². The fourth-order valence-electron chi connectivity index (χ4n) is 6.36. The quantitative estimate of drug-likeness (QED) is 0.209. The molecule has 0 unspecified atom stereocenters. The van der Waals surface area contributed by atoms with Crippen molar-refractivity contribution in [2.45, 2.75) is 76.0 Å². The highest BCUT2D eigenvalue weighted by Gasteiger charge is 2.23. The van der Waals surface area contributed by atoms with Gasteiger partial charge in [0.15, 0.2) is 23.3 Å². The molecule has 2 aliphatic carbocycles. The van der Waals surface area contributed by atoms with Crippen molar-refractivity contribution in [2.75, 3.05) is 0 Å². The number of benzene rings is 3. The monoisotopic (exact) mass is 552 g/mol. The van der Waals surface area contributed by atoms with E-state index in [-0.39, 0.29) is 0 Å². The van der Waals surface area contributed by atoms with E-state index in [1.807, 2.05) is 36.4 Å². The smallest absolute Gasteiger partial charge is 0.163 e. The molecule has 0 saturated heterocycles. The number of rotatable bonds is 6. The van der Waals surface area contributed by atoms with Gasteiger partial charge in [-0.05, 0) is 31.7 Å². The molecule has 0 radical (unpaired) electrons. The van der Waals surface area contributed by atoms with Crippen LogP contribution < -0.4 is 0 Å². The molecule has 0 bridgehead atoms. The summed E-state index contributed by atoms with van der Waals surface area (Å²) in [7, 11) is 0. The second kappa shape index (κ2) is 12.3. The van der Waals surface area contributed by atoms with E-state index >= 15 is 0 Å². The highest BCUT2D eigenvalue weighted by Crippen LogP contribution is 2.35. The lowest BCUT2D eigenvalue weighted by molar-refractivity contribution is 0.428. The van der Waals surface area contributed by atoms with Crippen LogP contribution in [0.2, 0.25) is 0 Å². The SMILES string of the molecule is c1ccc(-c2nc(-c3cccc(-c4nc(-c5ccccc5)nc(C5CCCCC5)n4)c3)nc(C3CCCCC3)n2)cc1. The number of nitrogens with zero attached hydrogens (tertiary/aromatic N) is 6. The van der Waals surface area contributed by atoms with E-state index in [0.29, 0.717) is 23.5 Å². The van der Waals surface area contributed by atoms with E-state index in [0.717, 1.165) is 71.2 Å². The second-order valence-corrected chi connectivity index (χ2v) is 11.7. The van der Waals surface area contributed by atoms with Crippen molar-refractivity contribution in [2.24, 2.45) is 0 Å². The predicted octanol–water partition coefficient (Wildman–Crippen LogP) is 8.82. The van der Waals surface area contributed by atoms with Crippen molar-refractivity contribution in [1.29, 1.82) is 0 Å². The molecule has 6 nitrogen and oxygen atoms in total. The van der Waals surface area contributed by atoms with Crippen LogP contribution in [0.25, 0.3) is 45.6 Å². The topological polar surface area (TPSA) is 77.3 Å². The largest absolute Gasteiger partial charge is 0.213 e. The maximum absolute atomic E-state index is 5.07. The minimum Gasteiger partial charge on any atom is -0.213 e. The third kappa shape index (κ3) is 5.85. The van der Waals surface area contributed by atoms with Crippen LogP contribution >= 0.6 is 0 Å². The number of hydrogen-bond donors (Lipinski definition) is 0. The van der Waals surface area contributed by atoms with Crippen LogP contribution in [0.5, 0.6) is 0 Å². The van der Waals surface area contributed by atoms with Crippen molar-refractivity contribution in [3.8, 4) is 45.6 Å². The molecule has 5 aromatic rings. The normalized spacial score (nSPS) is 16.4. The third-order valence-electron chi connectivity index (χ3n) is 8.69. The van der Waals surface area contributed by atoms with Gasteiger partial charge in [0, 0.05) is 34.1 Å². The Hall–Kier alpha value is -4.32. The first kappa shape index (κ1) is 26.6. The summed E-state index contributed by atoms with van der Waals surface area (Å²) in [4.78, 5) is 30.1. The van der Waals surface area contributed by atoms with E-state index in [1.165, 1.54) is 38.5 Å². The van der Waals surface area contributed by atoms with Crippen LogP contribution in [0.1, 0.15) is 87.7 Å². The van der Waals surface area contributed by atoms with Crippen molar-refractivity contribution in [3.05, 3.63) is 96.6 Å². The molecular weight excluding hydrogens is 516 g/mol. The van der Waals surface area contributed by atoms with E-state index in [1.54, 1.807) is 0 Å². The standard InChI is InChI=1S/C36H36N6/c1-5-14-25(15-6-1)31-37-32(26-16-7-2-8-17-26)40-35(39-31)29-22-13-23-30(24-29)36-41-33(27-18-9-3-10-19-27)38-34(42-36)28-20-11-4-12-21-28/h1,3,5-6,9-10,13-15,18-19,22-24,26,28H,2,4,7-8,11-12,16-17,20-21H2. The summed E-state index contributed by atoms with van der Waals surface area (Å²) in [6.07, 6.45) is 12.0. The Morgan fingerprint density at radius 2 is 0.714 bits per heavy atom. The lowest BCUT2D eigenvalue weighted by Crippen LogP contribution is -2.12. The summed E-state index contributed by atoms with van der Waals surface area (Å²) in [5.41, 5.74) is 3.92. The zero-order valence-electron chi connectivity index (χ0n) is 24.0. The van der Waals surface area contributed by atoms with Crippen molar-refractivity contribution >= 4 is 0 Å². The molecule has 210 valence electrons. The second-order valence-electron chi connectivity index (χ2n) is 11.7. The van der Waals surface area contributed by atoms with Crippen molar-refractivity contribution in [3.63, 3.8) is 0 Å². The van der Waals surface area contributed by atoms with Crippen LogP contribution in [0.3, 0.4) is 0 Å². The fraction of sp³-hybridized carbons (Fsp3) is 0.333.